The molecular formula is C13H15ClN2O3. The van der Waals surface area contributed by atoms with Crippen LogP contribution in [0.3, 0.4) is 0 Å². The maximum absolute atomic E-state index is 11.9. The highest BCUT2D eigenvalue weighted by Crippen LogP contribution is 2.24. The highest BCUT2D eigenvalue weighted by molar-refractivity contribution is 6.30. The third-order valence-electron chi connectivity index (χ3n) is 3.37. The third kappa shape index (κ3) is 3.67. The number of carbonyl (C=O) groups excluding carboxylic acids is 1. The van der Waals surface area contributed by atoms with Crippen molar-refractivity contribution in [2.24, 2.45) is 5.92 Å². The van der Waals surface area contributed by atoms with E-state index in [0.717, 1.165) is 0 Å². The molecule has 19 heavy (non-hydrogen) atoms. The molecule has 0 atom stereocenters. The van der Waals surface area contributed by atoms with E-state index in [0.29, 0.717) is 36.4 Å². The number of nitrogens with one attached hydrogen (secondary N) is 1. The monoisotopic (exact) mass is 282 g/mol. The lowest BCUT2D eigenvalue weighted by Crippen LogP contribution is -2.39. The zero-order valence-electron chi connectivity index (χ0n) is 10.3. The molecule has 1 aliphatic rings. The number of halogens is 1. The molecule has 6 heteroatoms. The number of carboxylic acid groups (broad SMARTS) is 1. The summed E-state index contributed by atoms with van der Waals surface area (Å²) < 4.78 is 0. The number of pyridine rings is 1. The summed E-state index contributed by atoms with van der Waals surface area (Å²) in [7, 11) is 0. The second kappa shape index (κ2) is 6.02. The van der Waals surface area contributed by atoms with Crippen LogP contribution in [0, 0.1) is 5.92 Å². The van der Waals surface area contributed by atoms with Gasteiger partial charge >= 0.3 is 5.97 Å². The molecule has 0 aliphatic heterocycles. The summed E-state index contributed by atoms with van der Waals surface area (Å²) in [6.45, 7) is 0. The van der Waals surface area contributed by atoms with Gasteiger partial charge in [0, 0.05) is 12.2 Å². The average Bonchev–Trinajstić information content (AvgIpc) is 2.40. The average molecular weight is 283 g/mol. The molecule has 0 bridgehead atoms. The van der Waals surface area contributed by atoms with Crippen molar-refractivity contribution in [1.29, 1.82) is 0 Å². The van der Waals surface area contributed by atoms with Gasteiger partial charge in [-0.25, -0.2) is 4.98 Å². The highest BCUT2D eigenvalue weighted by atomic mass is 35.5. The first-order valence-corrected chi connectivity index (χ1v) is 6.59. The van der Waals surface area contributed by atoms with E-state index in [4.69, 9.17) is 16.7 Å². The molecule has 1 aromatic rings. The van der Waals surface area contributed by atoms with Gasteiger partial charge in [0.05, 0.1) is 10.9 Å². The molecule has 0 radical (unpaired) electrons. The van der Waals surface area contributed by atoms with Gasteiger partial charge in [0.25, 0.3) is 5.91 Å². The van der Waals surface area contributed by atoms with E-state index in [1.54, 1.807) is 12.1 Å². The first-order chi connectivity index (χ1) is 9.06. The predicted octanol–water partition coefficient (Wildman–Crippen LogP) is 2.11. The first-order valence-electron chi connectivity index (χ1n) is 6.21. The molecule has 5 nitrogen and oxygen atoms in total. The second-order valence-electron chi connectivity index (χ2n) is 4.72. The largest absolute Gasteiger partial charge is 0.481 e. The van der Waals surface area contributed by atoms with Crippen molar-refractivity contribution in [1.82, 2.24) is 10.3 Å². The maximum Gasteiger partial charge on any atom is 0.306 e. The van der Waals surface area contributed by atoms with E-state index in [9.17, 15) is 9.59 Å². The number of hydrogen-bond donors (Lipinski definition) is 2. The zero-order chi connectivity index (χ0) is 13.8. The number of amides is 1. The summed E-state index contributed by atoms with van der Waals surface area (Å²) in [6.07, 6.45) is 4.02. The van der Waals surface area contributed by atoms with Crippen LogP contribution in [0.25, 0.3) is 0 Å². The number of aliphatic carboxylic acids is 1. The van der Waals surface area contributed by atoms with Gasteiger partial charge in [-0.3, -0.25) is 9.59 Å². The SMILES string of the molecule is O=C(NC1CCC(C(=O)O)CC1)c1ccc(Cl)cn1. The van der Waals surface area contributed by atoms with Crippen LogP contribution in [0.2, 0.25) is 5.02 Å². The van der Waals surface area contributed by atoms with Crippen molar-refractivity contribution in [2.45, 2.75) is 31.7 Å². The Morgan fingerprint density at radius 3 is 2.47 bits per heavy atom. The number of rotatable bonds is 3. The predicted molar refractivity (Wildman–Crippen MR) is 70.1 cm³/mol. The van der Waals surface area contributed by atoms with Gasteiger partial charge in [0.15, 0.2) is 0 Å². The summed E-state index contributed by atoms with van der Waals surface area (Å²) in [5.74, 6) is -1.26. The van der Waals surface area contributed by atoms with Gasteiger partial charge in [-0.05, 0) is 37.8 Å². The number of nitrogens with zero attached hydrogens (tertiary/aromatic N) is 1. The van der Waals surface area contributed by atoms with Crippen LogP contribution in [0.5, 0.6) is 0 Å². The third-order valence-corrected chi connectivity index (χ3v) is 3.60. The van der Waals surface area contributed by atoms with E-state index >= 15 is 0 Å². The molecule has 1 heterocycles. The molecule has 2 rings (SSSR count). The molecule has 1 aliphatic carbocycles. The number of carboxylic acids is 1. The lowest BCUT2D eigenvalue weighted by atomic mass is 9.86. The number of carbonyl (C=O) groups is 2. The van der Waals surface area contributed by atoms with Gasteiger partial charge in [-0.15, -0.1) is 0 Å². The van der Waals surface area contributed by atoms with Crippen molar-refractivity contribution < 1.29 is 14.7 Å². The van der Waals surface area contributed by atoms with E-state index in [-0.39, 0.29) is 17.9 Å². The van der Waals surface area contributed by atoms with E-state index < -0.39 is 5.97 Å². The fourth-order valence-corrected chi connectivity index (χ4v) is 2.37. The molecule has 0 aromatic carbocycles. The Labute approximate surface area is 116 Å². The van der Waals surface area contributed by atoms with Crippen molar-refractivity contribution in [3.8, 4) is 0 Å². The Kier molecular flexibility index (Phi) is 4.37. The normalized spacial score (nSPS) is 22.8. The molecule has 102 valence electrons. The Hall–Kier alpha value is -1.62. The summed E-state index contributed by atoms with van der Waals surface area (Å²) in [6, 6.07) is 3.21. The molecule has 1 saturated carbocycles. The quantitative estimate of drug-likeness (QED) is 0.890. The van der Waals surface area contributed by atoms with Crippen molar-refractivity contribution in [3.63, 3.8) is 0 Å². The summed E-state index contributed by atoms with van der Waals surface area (Å²) >= 11 is 5.70. The van der Waals surface area contributed by atoms with Gasteiger partial charge in [-0.2, -0.15) is 0 Å². The van der Waals surface area contributed by atoms with Crippen LogP contribution in [0.1, 0.15) is 36.2 Å². The maximum atomic E-state index is 11.9. The minimum absolute atomic E-state index is 0.0283. The molecular weight excluding hydrogens is 268 g/mol. The number of aromatic nitrogens is 1. The fraction of sp³-hybridized carbons (Fsp3) is 0.462. The van der Waals surface area contributed by atoms with Crippen LogP contribution >= 0.6 is 11.6 Å². The molecule has 0 unspecified atom stereocenters. The van der Waals surface area contributed by atoms with Crippen molar-refractivity contribution >= 4 is 23.5 Å². The molecule has 1 fully saturated rings. The van der Waals surface area contributed by atoms with E-state index in [1.807, 2.05) is 0 Å². The van der Waals surface area contributed by atoms with Gasteiger partial charge in [0.1, 0.15) is 5.69 Å². The summed E-state index contributed by atoms with van der Waals surface area (Å²) in [5.41, 5.74) is 0.324. The van der Waals surface area contributed by atoms with E-state index in [1.165, 1.54) is 6.20 Å². The van der Waals surface area contributed by atoms with Gasteiger partial charge in [0.2, 0.25) is 0 Å². The van der Waals surface area contributed by atoms with Gasteiger partial charge < -0.3 is 10.4 Å². The Balaban J connectivity index is 1.87. The standard InChI is InChI=1S/C13H15ClN2O3/c14-9-3-6-11(15-7-9)12(17)16-10-4-1-8(2-5-10)13(18)19/h3,6-8,10H,1-2,4-5H2,(H,16,17)(H,18,19). The van der Waals surface area contributed by atoms with Crippen molar-refractivity contribution in [2.75, 3.05) is 0 Å². The molecule has 2 N–H and O–H groups in total. The highest BCUT2D eigenvalue weighted by Gasteiger charge is 2.26. The van der Waals surface area contributed by atoms with Crippen LogP contribution in [-0.2, 0) is 4.79 Å². The van der Waals surface area contributed by atoms with Crippen molar-refractivity contribution in [3.05, 3.63) is 29.0 Å². The smallest absolute Gasteiger partial charge is 0.306 e. The van der Waals surface area contributed by atoms with Crippen LogP contribution in [0.15, 0.2) is 18.3 Å². The summed E-state index contributed by atoms with van der Waals surface area (Å²) in [4.78, 5) is 26.7. The number of hydrogen-bond acceptors (Lipinski definition) is 3. The lowest BCUT2D eigenvalue weighted by Gasteiger charge is -2.26. The first kappa shape index (κ1) is 13.8. The molecule has 0 spiro atoms. The van der Waals surface area contributed by atoms with Crippen LogP contribution in [0.4, 0.5) is 0 Å². The Morgan fingerprint density at radius 1 is 1.26 bits per heavy atom. The Bertz CT molecular complexity index is 467. The lowest BCUT2D eigenvalue weighted by molar-refractivity contribution is -0.142. The Morgan fingerprint density at radius 2 is 1.95 bits per heavy atom. The van der Waals surface area contributed by atoms with Crippen LogP contribution in [-0.4, -0.2) is 28.0 Å². The minimum atomic E-state index is -0.746. The van der Waals surface area contributed by atoms with Gasteiger partial charge in [-0.1, -0.05) is 11.6 Å². The zero-order valence-corrected chi connectivity index (χ0v) is 11.1. The van der Waals surface area contributed by atoms with Crippen LogP contribution < -0.4 is 5.32 Å². The molecule has 1 amide bonds. The second-order valence-corrected chi connectivity index (χ2v) is 5.16. The van der Waals surface area contributed by atoms with E-state index in [2.05, 4.69) is 10.3 Å². The minimum Gasteiger partial charge on any atom is -0.481 e. The molecule has 0 saturated heterocycles. The summed E-state index contributed by atoms with van der Waals surface area (Å²) in [5, 5.41) is 12.3. The topological polar surface area (TPSA) is 79.3 Å². The molecule has 1 aromatic heterocycles. The fourth-order valence-electron chi connectivity index (χ4n) is 2.25.